The minimum absolute atomic E-state index is 0.00644. The van der Waals surface area contributed by atoms with Gasteiger partial charge in [0.15, 0.2) is 17.3 Å². The molecule has 1 aliphatic carbocycles. The molecule has 5 aromatic rings. The molecular weight excluding hydrogens is 765 g/mol. The van der Waals surface area contributed by atoms with Crippen LogP contribution in [-0.2, 0) is 34.3 Å². The van der Waals surface area contributed by atoms with Crippen LogP contribution in [0.2, 0.25) is 5.02 Å². The molecule has 17 heteroatoms. The second-order valence-corrected chi connectivity index (χ2v) is 15.1. The topological polar surface area (TPSA) is 146 Å². The summed E-state index contributed by atoms with van der Waals surface area (Å²) in [4.78, 5) is 57.5. The highest BCUT2D eigenvalue weighted by atomic mass is 35.5. The molecule has 3 aliphatic rings. The number of benzene rings is 2. The van der Waals surface area contributed by atoms with Gasteiger partial charge in [-0.25, -0.2) is 9.97 Å². The molecule has 13 nitrogen and oxygen atoms in total. The minimum atomic E-state index is -4.61. The van der Waals surface area contributed by atoms with Gasteiger partial charge in [-0.2, -0.15) is 22.7 Å². The number of nitrogens with one attached hydrogen (secondary N) is 1. The summed E-state index contributed by atoms with van der Waals surface area (Å²) in [5, 5.41) is 7.02. The maximum Gasteiger partial charge on any atom is 0.416 e. The lowest BCUT2D eigenvalue weighted by Crippen LogP contribution is -2.47. The number of aryl methyl sites for hydroxylation is 1. The fourth-order valence-electron chi connectivity index (χ4n) is 8.28. The van der Waals surface area contributed by atoms with Crippen LogP contribution < -0.4 is 15.6 Å². The van der Waals surface area contributed by atoms with E-state index in [2.05, 4.69) is 20.4 Å². The first-order valence-electron chi connectivity index (χ1n) is 18.6. The number of amides is 2. The van der Waals surface area contributed by atoms with Crippen LogP contribution >= 0.6 is 11.6 Å². The van der Waals surface area contributed by atoms with E-state index in [1.165, 1.54) is 10.8 Å². The zero-order valence-corrected chi connectivity index (χ0v) is 31.9. The van der Waals surface area contributed by atoms with Gasteiger partial charge in [-0.15, -0.1) is 5.10 Å². The Morgan fingerprint density at radius 2 is 1.88 bits per heavy atom. The zero-order valence-electron chi connectivity index (χ0n) is 31.1. The predicted octanol–water partition coefficient (Wildman–Crippen LogP) is 6.36. The van der Waals surface area contributed by atoms with Crippen molar-refractivity contribution in [1.29, 1.82) is 0 Å². The van der Waals surface area contributed by atoms with Gasteiger partial charge in [-0.05, 0) is 67.9 Å². The van der Waals surface area contributed by atoms with Gasteiger partial charge in [-0.1, -0.05) is 54.9 Å². The number of nitrogens with zero attached hydrogens (tertiary/aromatic N) is 7. The molecule has 296 valence electrons. The number of fused-ring (bicyclic) bond motifs is 3. The van der Waals surface area contributed by atoms with Gasteiger partial charge >= 0.3 is 6.18 Å². The van der Waals surface area contributed by atoms with Crippen LogP contribution in [0.3, 0.4) is 0 Å². The third-order valence-electron chi connectivity index (χ3n) is 11.0. The molecule has 2 aromatic carbocycles. The standard InChI is InChI=1S/C40H38ClF3N8O5/c1-23-19-39(12-14-50(15-13-39)37(55)32-34(24(2)45-22-46-32)57-21-25-6-4-3-5-7-25)31-33(23)51(20-30(53)47-29-9-8-27(18-28(29)41)40(42,43)44)38-48-35(49-52(38)36(31)54)26-10-16-56-17-11-26/h3-10,18,22-23H,11-17,19-21H2,1-2H3,(H,47,53). The highest BCUT2D eigenvalue weighted by molar-refractivity contribution is 6.33. The summed E-state index contributed by atoms with van der Waals surface area (Å²) in [5.74, 6) is -0.276. The number of aromatic nitrogens is 6. The average Bonchev–Trinajstić information content (AvgIpc) is 3.77. The van der Waals surface area contributed by atoms with Crippen molar-refractivity contribution in [3.8, 4) is 5.75 Å². The number of alkyl halides is 3. The van der Waals surface area contributed by atoms with Crippen molar-refractivity contribution in [3.63, 3.8) is 0 Å². The number of hydrogen-bond acceptors (Lipinski definition) is 9. The first-order valence-corrected chi connectivity index (χ1v) is 19.0. The lowest BCUT2D eigenvalue weighted by molar-refractivity contribution is -0.137. The summed E-state index contributed by atoms with van der Waals surface area (Å²) >= 11 is 6.18. The molecule has 1 unspecified atom stereocenters. The van der Waals surface area contributed by atoms with E-state index in [0.29, 0.717) is 80.5 Å². The summed E-state index contributed by atoms with van der Waals surface area (Å²) in [6, 6.07) is 12.3. The molecule has 8 rings (SSSR count). The molecule has 0 radical (unpaired) electrons. The quantitative estimate of drug-likeness (QED) is 0.189. The molecule has 1 atom stereocenters. The summed E-state index contributed by atoms with van der Waals surface area (Å²) in [5.41, 5.74) is 1.64. The molecule has 5 heterocycles. The smallest absolute Gasteiger partial charge is 0.416 e. The second kappa shape index (κ2) is 15.0. The summed E-state index contributed by atoms with van der Waals surface area (Å²) in [6.45, 7) is 5.14. The van der Waals surface area contributed by atoms with Crippen LogP contribution in [0.4, 0.5) is 18.9 Å². The Balaban J connectivity index is 1.11. The van der Waals surface area contributed by atoms with Gasteiger partial charge < -0.3 is 24.3 Å². The van der Waals surface area contributed by atoms with Gasteiger partial charge in [0.25, 0.3) is 11.5 Å². The van der Waals surface area contributed by atoms with Crippen LogP contribution in [0.25, 0.3) is 11.4 Å². The Morgan fingerprint density at radius 1 is 1.11 bits per heavy atom. The Hall–Kier alpha value is -5.61. The fraction of sp³-hybridized carbons (Fsp3) is 0.375. The number of carbonyl (C=O) groups excluding carboxylic acids is 2. The van der Waals surface area contributed by atoms with E-state index in [1.54, 1.807) is 16.4 Å². The Labute approximate surface area is 329 Å². The second-order valence-electron chi connectivity index (χ2n) is 14.7. The lowest BCUT2D eigenvalue weighted by atomic mass is 9.73. The van der Waals surface area contributed by atoms with Crippen molar-refractivity contribution in [2.45, 2.75) is 70.2 Å². The van der Waals surface area contributed by atoms with Crippen LogP contribution in [0.5, 0.6) is 5.75 Å². The van der Waals surface area contributed by atoms with Crippen molar-refractivity contribution < 1.29 is 32.2 Å². The maximum atomic E-state index is 14.6. The van der Waals surface area contributed by atoms with Crippen LogP contribution in [0.1, 0.15) is 82.9 Å². The number of anilines is 1. The van der Waals surface area contributed by atoms with E-state index < -0.39 is 23.1 Å². The van der Waals surface area contributed by atoms with Gasteiger partial charge in [0.05, 0.1) is 35.2 Å². The normalized spacial score (nSPS) is 17.8. The van der Waals surface area contributed by atoms with Crippen molar-refractivity contribution in [2.24, 2.45) is 0 Å². The van der Waals surface area contributed by atoms with Crippen molar-refractivity contribution >= 4 is 40.5 Å². The fourth-order valence-corrected chi connectivity index (χ4v) is 8.50. The van der Waals surface area contributed by atoms with Gasteiger partial charge in [0.1, 0.15) is 19.5 Å². The third-order valence-corrected chi connectivity index (χ3v) is 11.3. The number of halogens is 4. The van der Waals surface area contributed by atoms with E-state index in [-0.39, 0.29) is 52.7 Å². The van der Waals surface area contributed by atoms with E-state index in [0.717, 1.165) is 29.3 Å². The summed E-state index contributed by atoms with van der Waals surface area (Å²) in [7, 11) is 0. The van der Waals surface area contributed by atoms with Crippen molar-refractivity contribution in [1.82, 2.24) is 34.0 Å². The van der Waals surface area contributed by atoms with Crippen LogP contribution in [0.15, 0.2) is 65.7 Å². The van der Waals surface area contributed by atoms with Gasteiger partial charge in [0, 0.05) is 29.8 Å². The number of rotatable bonds is 8. The maximum absolute atomic E-state index is 14.6. The van der Waals surface area contributed by atoms with Crippen LogP contribution in [0, 0.1) is 6.92 Å². The largest absolute Gasteiger partial charge is 0.485 e. The summed E-state index contributed by atoms with van der Waals surface area (Å²) < 4.78 is 54.4. The Morgan fingerprint density at radius 3 is 2.58 bits per heavy atom. The number of carbonyl (C=O) groups is 2. The first kappa shape index (κ1) is 38.3. The molecule has 1 saturated heterocycles. The van der Waals surface area contributed by atoms with E-state index >= 15 is 0 Å². The first-order chi connectivity index (χ1) is 27.3. The summed E-state index contributed by atoms with van der Waals surface area (Å²) in [6.07, 6.45) is 0.616. The number of hydrogen-bond donors (Lipinski definition) is 1. The van der Waals surface area contributed by atoms with E-state index in [4.69, 9.17) is 26.1 Å². The van der Waals surface area contributed by atoms with Crippen molar-refractivity contribution in [2.75, 3.05) is 31.6 Å². The minimum Gasteiger partial charge on any atom is -0.485 e. The number of piperidine rings is 1. The molecule has 1 fully saturated rings. The van der Waals surface area contributed by atoms with E-state index in [1.807, 2.05) is 43.3 Å². The molecule has 0 bridgehead atoms. The van der Waals surface area contributed by atoms with Gasteiger partial charge in [-0.3, -0.25) is 14.4 Å². The molecule has 2 aliphatic heterocycles. The van der Waals surface area contributed by atoms with Crippen LogP contribution in [-0.4, -0.2) is 72.2 Å². The highest BCUT2D eigenvalue weighted by Crippen LogP contribution is 2.50. The molecule has 1 spiro atoms. The number of ether oxygens (including phenoxy) is 2. The zero-order chi connectivity index (χ0) is 40.1. The predicted molar refractivity (Wildman–Crippen MR) is 203 cm³/mol. The van der Waals surface area contributed by atoms with E-state index in [9.17, 15) is 27.6 Å². The molecule has 3 aromatic heterocycles. The lowest BCUT2D eigenvalue weighted by Gasteiger charge is -2.39. The Bertz CT molecular complexity index is 2480. The van der Waals surface area contributed by atoms with Gasteiger partial charge in [0.2, 0.25) is 11.7 Å². The number of likely N-dealkylation sites (tertiary alicyclic amines) is 1. The highest BCUT2D eigenvalue weighted by Gasteiger charge is 2.49. The molecule has 57 heavy (non-hydrogen) atoms. The molecule has 1 N–H and O–H groups in total. The molecule has 2 amide bonds. The average molecular weight is 803 g/mol. The monoisotopic (exact) mass is 802 g/mol. The Kier molecular flexibility index (Phi) is 10.1. The van der Waals surface area contributed by atoms with Crippen molar-refractivity contribution in [3.05, 3.63) is 116 Å². The molecule has 0 saturated carbocycles. The third kappa shape index (κ3) is 7.27. The SMILES string of the molecule is Cc1ncnc(C(=O)N2CCC3(CC2)CC(C)c2c3c(=O)n3nc(C4=CCOCC4)nc3n2CC(=O)Nc2ccc(C(F)(F)F)cc2Cl)c1OCc1ccccc1. The molecular formula is C40H38ClF3N8O5.